The number of carbonyl (C=O) groups is 1. The Hall–Kier alpha value is -1.53. The molecule has 4 nitrogen and oxygen atoms in total. The molecule has 2 N–H and O–H groups in total. The Balaban J connectivity index is 2.03. The number of amides is 1. The summed E-state index contributed by atoms with van der Waals surface area (Å²) in [6.45, 7) is 0.322. The topological polar surface area (TPSA) is 60.8 Å². The highest BCUT2D eigenvalue weighted by molar-refractivity contribution is 5.79. The third kappa shape index (κ3) is 3.13. The van der Waals surface area contributed by atoms with Gasteiger partial charge in [0.05, 0.1) is 12.5 Å². The fourth-order valence-electron chi connectivity index (χ4n) is 2.38. The molecule has 0 bridgehead atoms. The quantitative estimate of drug-likeness (QED) is 0.860. The zero-order valence-corrected chi connectivity index (χ0v) is 10.9. The number of aliphatic hydroxyl groups is 2. The standard InChI is InChI=1S/C14H17F2NO3/c15-11-2-1-3-12(16)10(11)6-14(20)17-5-4-9(8-18)13(19)7-17/h1-3,9,13,18-19H,4-8H2/t9-,13-/m1/s1. The van der Waals surface area contributed by atoms with Crippen LogP contribution >= 0.6 is 0 Å². The molecule has 0 aliphatic carbocycles. The molecule has 1 saturated heterocycles. The van der Waals surface area contributed by atoms with Gasteiger partial charge in [0.25, 0.3) is 0 Å². The average Bonchev–Trinajstić information content (AvgIpc) is 2.42. The van der Waals surface area contributed by atoms with Gasteiger partial charge in [0, 0.05) is 31.2 Å². The lowest BCUT2D eigenvalue weighted by molar-refractivity contribution is -0.135. The zero-order chi connectivity index (χ0) is 14.7. The summed E-state index contributed by atoms with van der Waals surface area (Å²) >= 11 is 0. The number of carbonyl (C=O) groups excluding carboxylic acids is 1. The average molecular weight is 285 g/mol. The van der Waals surface area contributed by atoms with E-state index in [9.17, 15) is 18.7 Å². The maximum atomic E-state index is 13.5. The highest BCUT2D eigenvalue weighted by Crippen LogP contribution is 2.19. The lowest BCUT2D eigenvalue weighted by atomic mass is 9.94. The van der Waals surface area contributed by atoms with E-state index in [1.54, 1.807) is 0 Å². The van der Waals surface area contributed by atoms with Crippen molar-refractivity contribution in [2.75, 3.05) is 19.7 Å². The number of halogens is 2. The van der Waals surface area contributed by atoms with Crippen molar-refractivity contribution < 1.29 is 23.8 Å². The van der Waals surface area contributed by atoms with Gasteiger partial charge in [-0.3, -0.25) is 4.79 Å². The summed E-state index contributed by atoms with van der Waals surface area (Å²) in [4.78, 5) is 13.4. The van der Waals surface area contributed by atoms with Crippen LogP contribution < -0.4 is 0 Å². The van der Waals surface area contributed by atoms with Gasteiger partial charge in [-0.25, -0.2) is 8.78 Å². The minimum absolute atomic E-state index is 0.0835. The molecule has 0 radical (unpaired) electrons. The van der Waals surface area contributed by atoms with E-state index in [1.807, 2.05) is 0 Å². The van der Waals surface area contributed by atoms with E-state index in [0.717, 1.165) is 12.1 Å². The molecule has 2 rings (SSSR count). The zero-order valence-electron chi connectivity index (χ0n) is 10.9. The summed E-state index contributed by atoms with van der Waals surface area (Å²) in [7, 11) is 0. The van der Waals surface area contributed by atoms with Crippen LogP contribution in [-0.2, 0) is 11.2 Å². The highest BCUT2D eigenvalue weighted by atomic mass is 19.1. The molecule has 2 atom stereocenters. The van der Waals surface area contributed by atoms with Crippen LogP contribution in [0.1, 0.15) is 12.0 Å². The van der Waals surface area contributed by atoms with Crippen LogP contribution in [0.3, 0.4) is 0 Å². The summed E-state index contributed by atoms with van der Waals surface area (Å²) < 4.78 is 27.0. The number of hydrogen-bond donors (Lipinski definition) is 2. The molecule has 1 aromatic rings. The van der Waals surface area contributed by atoms with E-state index in [4.69, 9.17) is 5.11 Å². The van der Waals surface area contributed by atoms with E-state index in [2.05, 4.69) is 0 Å². The summed E-state index contributed by atoms with van der Waals surface area (Å²) in [6.07, 6.45) is -0.693. The second-order valence-corrected chi connectivity index (χ2v) is 5.02. The lowest BCUT2D eigenvalue weighted by Crippen LogP contribution is -2.48. The molecule has 1 heterocycles. The molecule has 20 heavy (non-hydrogen) atoms. The van der Waals surface area contributed by atoms with Crippen molar-refractivity contribution in [2.45, 2.75) is 18.9 Å². The molecule has 1 aromatic carbocycles. The highest BCUT2D eigenvalue weighted by Gasteiger charge is 2.30. The van der Waals surface area contributed by atoms with E-state index < -0.39 is 23.6 Å². The van der Waals surface area contributed by atoms with Crippen molar-refractivity contribution in [1.29, 1.82) is 0 Å². The van der Waals surface area contributed by atoms with Crippen LogP contribution in [0.2, 0.25) is 0 Å². The number of likely N-dealkylation sites (tertiary alicyclic amines) is 1. The molecule has 0 saturated carbocycles. The molecule has 0 unspecified atom stereocenters. The molecule has 1 aliphatic rings. The van der Waals surface area contributed by atoms with Crippen LogP contribution in [0.5, 0.6) is 0 Å². The third-order valence-electron chi connectivity index (χ3n) is 3.70. The summed E-state index contributed by atoms with van der Waals surface area (Å²) in [6, 6.07) is 3.46. The van der Waals surface area contributed by atoms with Crippen LogP contribution in [0, 0.1) is 17.6 Å². The normalized spacial score (nSPS) is 22.9. The Labute approximate surface area is 115 Å². The van der Waals surface area contributed by atoms with Crippen molar-refractivity contribution in [2.24, 2.45) is 5.92 Å². The predicted octanol–water partition coefficient (Wildman–Crippen LogP) is 0.709. The summed E-state index contributed by atoms with van der Waals surface area (Å²) in [5, 5.41) is 18.8. The summed E-state index contributed by atoms with van der Waals surface area (Å²) in [5.74, 6) is -2.16. The predicted molar refractivity (Wildman–Crippen MR) is 67.8 cm³/mol. The fourth-order valence-corrected chi connectivity index (χ4v) is 2.38. The Morgan fingerprint density at radius 3 is 2.55 bits per heavy atom. The number of piperidine rings is 1. The molecule has 1 amide bonds. The molecule has 0 spiro atoms. The number of nitrogens with zero attached hydrogens (tertiary/aromatic N) is 1. The number of rotatable bonds is 3. The minimum Gasteiger partial charge on any atom is -0.396 e. The Bertz CT molecular complexity index is 475. The Kier molecular flexibility index (Phi) is 4.67. The number of hydrogen-bond acceptors (Lipinski definition) is 3. The van der Waals surface area contributed by atoms with Crippen molar-refractivity contribution in [3.8, 4) is 0 Å². The number of aliphatic hydroxyl groups excluding tert-OH is 2. The first-order valence-corrected chi connectivity index (χ1v) is 6.52. The SMILES string of the molecule is O=C(Cc1c(F)cccc1F)N1CC[C@H](CO)[C@H](O)C1. The molecular formula is C14H17F2NO3. The van der Waals surface area contributed by atoms with Gasteiger partial charge in [0.1, 0.15) is 11.6 Å². The van der Waals surface area contributed by atoms with Crippen LogP contribution in [0.4, 0.5) is 8.78 Å². The first kappa shape index (κ1) is 14.9. The van der Waals surface area contributed by atoms with Gasteiger partial charge in [-0.2, -0.15) is 0 Å². The van der Waals surface area contributed by atoms with E-state index in [1.165, 1.54) is 11.0 Å². The fraction of sp³-hybridized carbons (Fsp3) is 0.500. The number of benzene rings is 1. The number of β-amino-alcohol motifs (C(OH)–C–C–N with tert-alkyl or cyclic N) is 1. The molecule has 1 fully saturated rings. The second kappa shape index (κ2) is 6.28. The second-order valence-electron chi connectivity index (χ2n) is 5.02. The monoisotopic (exact) mass is 285 g/mol. The van der Waals surface area contributed by atoms with Gasteiger partial charge in [-0.1, -0.05) is 6.07 Å². The van der Waals surface area contributed by atoms with Gasteiger partial charge in [-0.05, 0) is 18.6 Å². The van der Waals surface area contributed by atoms with Crippen molar-refractivity contribution in [3.05, 3.63) is 35.4 Å². The maximum Gasteiger partial charge on any atom is 0.227 e. The largest absolute Gasteiger partial charge is 0.396 e. The smallest absolute Gasteiger partial charge is 0.227 e. The Morgan fingerprint density at radius 1 is 1.35 bits per heavy atom. The van der Waals surface area contributed by atoms with E-state index in [0.29, 0.717) is 13.0 Å². The van der Waals surface area contributed by atoms with Crippen molar-refractivity contribution in [3.63, 3.8) is 0 Å². The van der Waals surface area contributed by atoms with Gasteiger partial charge in [-0.15, -0.1) is 0 Å². The van der Waals surface area contributed by atoms with Crippen molar-refractivity contribution in [1.82, 2.24) is 4.90 Å². The van der Waals surface area contributed by atoms with E-state index >= 15 is 0 Å². The molecule has 6 heteroatoms. The first-order valence-electron chi connectivity index (χ1n) is 6.52. The Morgan fingerprint density at radius 2 is 2.00 bits per heavy atom. The molecule has 1 aliphatic heterocycles. The minimum atomic E-state index is -0.803. The summed E-state index contributed by atoms with van der Waals surface area (Å²) in [5.41, 5.74) is -0.253. The van der Waals surface area contributed by atoms with Crippen LogP contribution in [0.15, 0.2) is 18.2 Å². The van der Waals surface area contributed by atoms with Crippen LogP contribution in [-0.4, -0.2) is 46.8 Å². The van der Waals surface area contributed by atoms with Gasteiger partial charge < -0.3 is 15.1 Å². The molecular weight excluding hydrogens is 268 g/mol. The maximum absolute atomic E-state index is 13.5. The lowest BCUT2D eigenvalue weighted by Gasteiger charge is -2.35. The van der Waals surface area contributed by atoms with Crippen molar-refractivity contribution >= 4 is 5.91 Å². The molecule has 110 valence electrons. The van der Waals surface area contributed by atoms with Gasteiger partial charge in [0.2, 0.25) is 5.91 Å². The third-order valence-corrected chi connectivity index (χ3v) is 3.70. The van der Waals surface area contributed by atoms with Gasteiger partial charge >= 0.3 is 0 Å². The first-order chi connectivity index (χ1) is 9.52. The molecule has 0 aromatic heterocycles. The van der Waals surface area contributed by atoms with Gasteiger partial charge in [0.15, 0.2) is 0 Å². The van der Waals surface area contributed by atoms with E-state index in [-0.39, 0.29) is 31.1 Å². The van der Waals surface area contributed by atoms with Crippen LogP contribution in [0.25, 0.3) is 0 Å².